The lowest BCUT2D eigenvalue weighted by molar-refractivity contribution is -0.131. The maximum absolute atomic E-state index is 13.3. The van der Waals surface area contributed by atoms with Crippen molar-refractivity contribution < 1.29 is 27.5 Å². The number of sulfonamides is 1. The van der Waals surface area contributed by atoms with Gasteiger partial charge in [0.25, 0.3) is 5.91 Å². The van der Waals surface area contributed by atoms with Gasteiger partial charge in [0.1, 0.15) is 12.4 Å². The average molecular weight is 522 g/mol. The minimum Gasteiger partial charge on any atom is -0.491 e. The Morgan fingerprint density at radius 1 is 1.17 bits per heavy atom. The Labute approximate surface area is 214 Å². The monoisotopic (exact) mass is 521 g/mol. The normalized spacial score (nSPS) is 21.4. The van der Waals surface area contributed by atoms with Crippen molar-refractivity contribution in [2.75, 3.05) is 46.5 Å². The molecule has 1 aromatic rings. The highest BCUT2D eigenvalue weighted by atomic mass is 32.2. The van der Waals surface area contributed by atoms with Gasteiger partial charge in [0.15, 0.2) is 0 Å². The van der Waals surface area contributed by atoms with Crippen molar-refractivity contribution in [3.05, 3.63) is 35.9 Å². The Morgan fingerprint density at radius 3 is 2.53 bits per heavy atom. The van der Waals surface area contributed by atoms with E-state index in [-0.39, 0.29) is 40.8 Å². The zero-order valence-electron chi connectivity index (χ0n) is 21.7. The Balaban J connectivity index is 1.90. The highest BCUT2D eigenvalue weighted by molar-refractivity contribution is 7.89. The van der Waals surface area contributed by atoms with Crippen molar-refractivity contribution in [3.8, 4) is 5.75 Å². The number of hydrogen-bond acceptors (Lipinski definition) is 6. The summed E-state index contributed by atoms with van der Waals surface area (Å²) in [5.74, 6) is 0.479. The Morgan fingerprint density at radius 2 is 1.86 bits per heavy atom. The molecule has 1 saturated heterocycles. The Bertz CT molecular complexity index is 1050. The van der Waals surface area contributed by atoms with E-state index in [9.17, 15) is 18.0 Å². The molecule has 0 radical (unpaired) electrons. The summed E-state index contributed by atoms with van der Waals surface area (Å²) in [6.45, 7) is 8.26. The maximum atomic E-state index is 13.3. The number of benzene rings is 1. The number of nitrogens with zero attached hydrogens (tertiary/aromatic N) is 2. The maximum Gasteiger partial charge on any atom is 0.257 e. The summed E-state index contributed by atoms with van der Waals surface area (Å²) < 4.78 is 40.2. The van der Waals surface area contributed by atoms with Gasteiger partial charge in [-0.25, -0.2) is 13.1 Å². The van der Waals surface area contributed by atoms with Crippen LogP contribution in [0, 0.1) is 11.8 Å². The third-order valence-electron chi connectivity index (χ3n) is 6.61. The zero-order chi connectivity index (χ0) is 26.3. The van der Waals surface area contributed by atoms with Crippen LogP contribution in [-0.2, 0) is 19.6 Å². The molecule has 9 nitrogen and oxygen atoms in total. The van der Waals surface area contributed by atoms with E-state index < -0.39 is 10.0 Å². The molecule has 36 heavy (non-hydrogen) atoms. The summed E-state index contributed by atoms with van der Waals surface area (Å²) in [6.07, 6.45) is 6.08. The number of nitrogens with one attached hydrogen (secondary N) is 1. The van der Waals surface area contributed by atoms with Gasteiger partial charge in [-0.15, -0.1) is 0 Å². The second-order valence-electron chi connectivity index (χ2n) is 9.99. The third-order valence-corrected chi connectivity index (χ3v) is 8.03. The number of rotatable bonds is 6. The number of carbonyl (C=O) groups is 2. The quantitative estimate of drug-likeness (QED) is 0.577. The standard InChI is InChI=1S/C26H39N3O6S/c1-19(2)15-22-18-35-25-8-7-23(36(32,33)27-17-21-9-13-34-14-10-21)16-24(25)26(31)28(4)11-5-6-12-29(22)20(3)30/h5-8,16,19,21-22,27H,9-15,17-18H2,1-4H3/b6-5+/t22-/m1/s1. The molecule has 0 bridgehead atoms. The van der Waals surface area contributed by atoms with Crippen LogP contribution in [-0.4, -0.2) is 82.6 Å². The van der Waals surface area contributed by atoms with E-state index in [1.807, 2.05) is 12.2 Å². The van der Waals surface area contributed by atoms with Crippen molar-refractivity contribution in [2.24, 2.45) is 11.8 Å². The Kier molecular flexibility index (Phi) is 9.92. The number of carbonyl (C=O) groups excluding carboxylic acids is 2. The molecule has 0 spiro atoms. The highest BCUT2D eigenvalue weighted by Gasteiger charge is 2.26. The first-order valence-electron chi connectivity index (χ1n) is 12.6. The van der Waals surface area contributed by atoms with Crippen LogP contribution < -0.4 is 9.46 Å². The summed E-state index contributed by atoms with van der Waals surface area (Å²) in [7, 11) is -2.17. The minimum absolute atomic E-state index is 0.0189. The smallest absolute Gasteiger partial charge is 0.257 e. The predicted octanol–water partition coefficient (Wildman–Crippen LogP) is 2.68. The molecule has 0 unspecified atom stereocenters. The minimum atomic E-state index is -3.82. The van der Waals surface area contributed by atoms with Crippen LogP contribution in [0.1, 0.15) is 50.4 Å². The molecule has 2 heterocycles. The van der Waals surface area contributed by atoms with Crippen molar-refractivity contribution in [3.63, 3.8) is 0 Å². The molecule has 1 atom stereocenters. The van der Waals surface area contributed by atoms with Crippen molar-refractivity contribution in [2.45, 2.75) is 51.0 Å². The van der Waals surface area contributed by atoms with Crippen molar-refractivity contribution in [1.82, 2.24) is 14.5 Å². The number of amides is 2. The lowest BCUT2D eigenvalue weighted by atomic mass is 10.0. The van der Waals surface area contributed by atoms with Gasteiger partial charge in [-0.05, 0) is 49.3 Å². The van der Waals surface area contributed by atoms with Gasteiger partial charge in [-0.3, -0.25) is 9.59 Å². The summed E-state index contributed by atoms with van der Waals surface area (Å²) >= 11 is 0. The SMILES string of the molecule is CC(=O)N1C/C=C/CN(C)C(=O)c2cc(S(=O)(=O)NCC3CCOCC3)ccc2OC[C@H]1CC(C)C. The molecule has 10 heteroatoms. The van der Waals surface area contributed by atoms with Crippen molar-refractivity contribution in [1.29, 1.82) is 0 Å². The van der Waals surface area contributed by atoms with E-state index >= 15 is 0 Å². The molecule has 1 N–H and O–H groups in total. The van der Waals surface area contributed by atoms with Gasteiger partial charge in [0, 0.05) is 46.8 Å². The van der Waals surface area contributed by atoms with Crippen molar-refractivity contribution >= 4 is 21.8 Å². The van der Waals surface area contributed by atoms with E-state index in [2.05, 4.69) is 18.6 Å². The van der Waals surface area contributed by atoms with Crippen LogP contribution >= 0.6 is 0 Å². The van der Waals surface area contributed by atoms with Crippen LogP contribution in [0.25, 0.3) is 0 Å². The predicted molar refractivity (Wildman–Crippen MR) is 137 cm³/mol. The summed E-state index contributed by atoms with van der Waals surface area (Å²) in [6, 6.07) is 4.20. The molecular weight excluding hydrogens is 482 g/mol. The first-order valence-corrected chi connectivity index (χ1v) is 14.1. The highest BCUT2D eigenvalue weighted by Crippen LogP contribution is 2.26. The van der Waals surface area contributed by atoms with Gasteiger partial charge in [0.2, 0.25) is 15.9 Å². The van der Waals surface area contributed by atoms with Crippen LogP contribution in [0.5, 0.6) is 5.75 Å². The van der Waals surface area contributed by atoms with Gasteiger partial charge >= 0.3 is 0 Å². The fraction of sp³-hybridized carbons (Fsp3) is 0.615. The number of ether oxygens (including phenoxy) is 2. The first kappa shape index (κ1) is 28.1. The van der Waals surface area contributed by atoms with Gasteiger partial charge in [-0.2, -0.15) is 0 Å². The Hall–Kier alpha value is -2.43. The topological polar surface area (TPSA) is 105 Å². The molecule has 0 saturated carbocycles. The van der Waals surface area contributed by atoms with Crippen LogP contribution in [0.4, 0.5) is 0 Å². The van der Waals surface area contributed by atoms with E-state index in [1.165, 1.54) is 23.1 Å². The molecule has 2 aliphatic heterocycles. The summed E-state index contributed by atoms with van der Waals surface area (Å²) in [5, 5.41) is 0. The lowest BCUT2D eigenvalue weighted by Crippen LogP contribution is -2.44. The summed E-state index contributed by atoms with van der Waals surface area (Å²) in [4.78, 5) is 29.0. The fourth-order valence-corrected chi connectivity index (χ4v) is 5.63. The molecule has 0 aromatic heterocycles. The van der Waals surface area contributed by atoms with Crippen LogP contribution in [0.15, 0.2) is 35.2 Å². The van der Waals surface area contributed by atoms with Gasteiger partial charge in [-0.1, -0.05) is 26.0 Å². The zero-order valence-corrected chi connectivity index (χ0v) is 22.6. The second-order valence-corrected chi connectivity index (χ2v) is 11.8. The number of hydrogen-bond donors (Lipinski definition) is 1. The molecule has 3 rings (SSSR count). The average Bonchev–Trinajstić information content (AvgIpc) is 2.84. The van der Waals surface area contributed by atoms with Gasteiger partial charge in [0.05, 0.1) is 16.5 Å². The third kappa shape index (κ3) is 7.54. The molecule has 2 aliphatic rings. The van der Waals surface area contributed by atoms with Crippen LogP contribution in [0.2, 0.25) is 0 Å². The fourth-order valence-electron chi connectivity index (χ4n) is 4.49. The molecule has 2 amide bonds. The van der Waals surface area contributed by atoms with Crippen LogP contribution in [0.3, 0.4) is 0 Å². The summed E-state index contributed by atoms with van der Waals surface area (Å²) in [5.41, 5.74) is 0.179. The first-order chi connectivity index (χ1) is 17.1. The number of likely N-dealkylation sites (N-methyl/N-ethyl adjacent to an activating group) is 1. The largest absolute Gasteiger partial charge is 0.491 e. The van der Waals surface area contributed by atoms with E-state index in [4.69, 9.17) is 9.47 Å². The molecular formula is C26H39N3O6S. The van der Waals surface area contributed by atoms with E-state index in [1.54, 1.807) is 18.9 Å². The molecule has 1 fully saturated rings. The molecule has 1 aromatic carbocycles. The van der Waals surface area contributed by atoms with Gasteiger partial charge < -0.3 is 19.3 Å². The molecule has 200 valence electrons. The number of fused-ring (bicyclic) bond motifs is 1. The van der Waals surface area contributed by atoms with E-state index in [0.29, 0.717) is 44.5 Å². The molecule has 0 aliphatic carbocycles. The second kappa shape index (κ2) is 12.7. The lowest BCUT2D eigenvalue weighted by Gasteiger charge is -2.32. The van der Waals surface area contributed by atoms with E-state index in [0.717, 1.165) is 19.3 Å².